The molecule has 0 radical (unpaired) electrons. The summed E-state index contributed by atoms with van der Waals surface area (Å²) >= 11 is 0. The fourth-order valence-corrected chi connectivity index (χ4v) is 1.69. The van der Waals surface area contributed by atoms with Gasteiger partial charge in [0.2, 0.25) is 0 Å². The standard InChI is InChI=1S/C15H28N2O4.K/c1-4-5-6-7-8-9-14(19)16-11-17(10-12(2)18)13(3)15(20)21;/h7-8,12-13,18H,4-6,9-11H2,1-3H3,(H,16,19)(H,20,21);/q;+1/p-1/b8-7+;. The zero-order chi connectivity index (χ0) is 16.3. The van der Waals surface area contributed by atoms with E-state index in [9.17, 15) is 15.0 Å². The molecule has 122 valence electrons. The molecular weight excluding hydrogens is 311 g/mol. The van der Waals surface area contributed by atoms with Crippen molar-refractivity contribution in [2.24, 2.45) is 4.99 Å². The van der Waals surface area contributed by atoms with Gasteiger partial charge in [0, 0.05) is 6.54 Å². The summed E-state index contributed by atoms with van der Waals surface area (Å²) in [5.41, 5.74) is 0. The number of aliphatic imine (C=N–C) groups is 1. The van der Waals surface area contributed by atoms with Crippen molar-refractivity contribution < 1.29 is 71.5 Å². The van der Waals surface area contributed by atoms with Crippen LogP contribution >= 0.6 is 0 Å². The minimum Gasteiger partial charge on any atom is -0.862 e. The zero-order valence-corrected chi connectivity index (χ0v) is 17.3. The molecule has 0 bridgehead atoms. The topological polar surface area (TPSA) is 96.2 Å². The average molecular weight is 338 g/mol. The van der Waals surface area contributed by atoms with Crippen molar-refractivity contribution in [2.75, 3.05) is 13.2 Å². The van der Waals surface area contributed by atoms with Crippen LogP contribution in [-0.4, -0.2) is 52.3 Å². The van der Waals surface area contributed by atoms with Crippen molar-refractivity contribution in [3.8, 4) is 0 Å². The van der Waals surface area contributed by atoms with E-state index < -0.39 is 18.1 Å². The Balaban J connectivity index is 0. The van der Waals surface area contributed by atoms with E-state index in [4.69, 9.17) is 5.11 Å². The van der Waals surface area contributed by atoms with Gasteiger partial charge < -0.3 is 15.3 Å². The summed E-state index contributed by atoms with van der Waals surface area (Å²) in [6, 6.07) is -0.795. The number of aliphatic carboxylic acids is 1. The van der Waals surface area contributed by atoms with Crippen LogP contribution in [0.3, 0.4) is 0 Å². The van der Waals surface area contributed by atoms with Crippen LogP contribution in [0, 0.1) is 0 Å². The van der Waals surface area contributed by atoms with Gasteiger partial charge in [-0.2, -0.15) is 0 Å². The molecule has 0 rings (SSSR count). The summed E-state index contributed by atoms with van der Waals surface area (Å²) in [5.74, 6) is -1.28. The molecule has 0 heterocycles. The maximum atomic E-state index is 11.6. The molecule has 0 fully saturated rings. The van der Waals surface area contributed by atoms with Crippen molar-refractivity contribution in [1.29, 1.82) is 0 Å². The molecule has 0 amide bonds. The summed E-state index contributed by atoms with van der Waals surface area (Å²) in [7, 11) is 0. The molecule has 0 aliphatic rings. The van der Waals surface area contributed by atoms with Gasteiger partial charge in [-0.25, -0.2) is 0 Å². The normalized spacial score (nSPS) is 14.9. The van der Waals surface area contributed by atoms with Crippen molar-refractivity contribution in [3.63, 3.8) is 0 Å². The first-order chi connectivity index (χ1) is 9.88. The van der Waals surface area contributed by atoms with E-state index in [-0.39, 0.29) is 76.9 Å². The largest absolute Gasteiger partial charge is 1.00 e. The summed E-state index contributed by atoms with van der Waals surface area (Å²) in [6.07, 6.45) is 6.48. The molecule has 0 saturated carbocycles. The van der Waals surface area contributed by atoms with E-state index in [1.807, 2.05) is 6.08 Å². The smallest absolute Gasteiger partial charge is 0.862 e. The number of hydrogen-bond acceptors (Lipinski definition) is 5. The molecule has 0 aliphatic carbocycles. The average Bonchev–Trinajstić information content (AvgIpc) is 2.41. The monoisotopic (exact) mass is 338 g/mol. The number of carboxylic acid groups (broad SMARTS) is 1. The van der Waals surface area contributed by atoms with Crippen LogP contribution in [-0.2, 0) is 4.79 Å². The van der Waals surface area contributed by atoms with Crippen molar-refractivity contribution in [1.82, 2.24) is 4.90 Å². The number of hydrogen-bond donors (Lipinski definition) is 2. The number of rotatable bonds is 11. The molecule has 0 aromatic rings. The van der Waals surface area contributed by atoms with Gasteiger partial charge in [0.25, 0.3) is 0 Å². The molecule has 0 aromatic carbocycles. The Hall–Kier alpha value is 0.236. The van der Waals surface area contributed by atoms with Gasteiger partial charge in [-0.05, 0) is 32.6 Å². The Morgan fingerprint density at radius 2 is 2.00 bits per heavy atom. The molecule has 7 heteroatoms. The minimum atomic E-state index is -1.00. The predicted molar refractivity (Wildman–Crippen MR) is 81.1 cm³/mol. The molecule has 0 aromatic heterocycles. The molecule has 2 atom stereocenters. The van der Waals surface area contributed by atoms with Gasteiger partial charge in [0.15, 0.2) is 0 Å². The predicted octanol–water partition coefficient (Wildman–Crippen LogP) is -2.00. The fourth-order valence-electron chi connectivity index (χ4n) is 1.69. The first-order valence-electron chi connectivity index (χ1n) is 7.38. The van der Waals surface area contributed by atoms with Gasteiger partial charge >= 0.3 is 57.4 Å². The second-order valence-corrected chi connectivity index (χ2v) is 5.15. The van der Waals surface area contributed by atoms with Crippen LogP contribution in [0.1, 0.15) is 46.5 Å². The van der Waals surface area contributed by atoms with E-state index >= 15 is 0 Å². The van der Waals surface area contributed by atoms with Crippen LogP contribution in [0.5, 0.6) is 0 Å². The summed E-state index contributed by atoms with van der Waals surface area (Å²) < 4.78 is 0. The maximum absolute atomic E-state index is 11.6. The Bertz CT molecular complexity index is 359. The molecule has 2 N–H and O–H groups in total. The third kappa shape index (κ3) is 12.7. The molecular formula is C15H27KN2O4. The zero-order valence-electron chi connectivity index (χ0n) is 14.2. The van der Waals surface area contributed by atoms with E-state index in [0.29, 0.717) is 0 Å². The van der Waals surface area contributed by atoms with Crippen LogP contribution in [0.25, 0.3) is 0 Å². The van der Waals surface area contributed by atoms with Crippen LogP contribution in [0.2, 0.25) is 0 Å². The fraction of sp³-hybridized carbons (Fsp3) is 0.733. The molecule has 2 unspecified atom stereocenters. The Morgan fingerprint density at radius 3 is 2.50 bits per heavy atom. The van der Waals surface area contributed by atoms with Gasteiger partial charge in [-0.1, -0.05) is 31.9 Å². The summed E-state index contributed by atoms with van der Waals surface area (Å²) in [6.45, 7) is 5.33. The van der Waals surface area contributed by atoms with Gasteiger partial charge in [-0.3, -0.25) is 14.7 Å². The maximum Gasteiger partial charge on any atom is 1.00 e. The van der Waals surface area contributed by atoms with E-state index in [1.165, 1.54) is 11.8 Å². The summed E-state index contributed by atoms with van der Waals surface area (Å²) in [5, 5.41) is 30.0. The Labute approximate surface area is 175 Å². The second kappa shape index (κ2) is 14.8. The first kappa shape index (κ1) is 24.5. The van der Waals surface area contributed by atoms with Gasteiger partial charge in [-0.15, -0.1) is 0 Å². The number of aliphatic hydroxyl groups is 1. The number of carbonyl (C=O) groups is 1. The third-order valence-corrected chi connectivity index (χ3v) is 3.02. The SMILES string of the molecule is CCCC/C=C/CC([O-])=NCN(CC(C)O)C(C)C(=O)O.[K+]. The Morgan fingerprint density at radius 1 is 1.36 bits per heavy atom. The van der Waals surface area contributed by atoms with E-state index in [2.05, 4.69) is 11.9 Å². The van der Waals surface area contributed by atoms with Crippen LogP contribution in [0.4, 0.5) is 0 Å². The van der Waals surface area contributed by atoms with Crippen molar-refractivity contribution in [2.45, 2.75) is 58.6 Å². The molecule has 6 nitrogen and oxygen atoms in total. The minimum absolute atomic E-state index is 0. The molecule has 0 saturated heterocycles. The summed E-state index contributed by atoms with van der Waals surface area (Å²) in [4.78, 5) is 16.3. The van der Waals surface area contributed by atoms with Gasteiger partial charge in [0.1, 0.15) is 6.04 Å². The third-order valence-electron chi connectivity index (χ3n) is 3.02. The number of nitrogens with zero attached hydrogens (tertiary/aromatic N) is 2. The number of aliphatic hydroxyl groups excluding tert-OH is 1. The van der Waals surface area contributed by atoms with Crippen LogP contribution < -0.4 is 56.5 Å². The van der Waals surface area contributed by atoms with Crippen molar-refractivity contribution >= 4 is 11.9 Å². The number of allylic oxidation sites excluding steroid dienone is 1. The van der Waals surface area contributed by atoms with Crippen LogP contribution in [0.15, 0.2) is 17.1 Å². The van der Waals surface area contributed by atoms with Crippen molar-refractivity contribution in [3.05, 3.63) is 12.2 Å². The number of carboxylic acids is 1. The molecule has 22 heavy (non-hydrogen) atoms. The van der Waals surface area contributed by atoms with Gasteiger partial charge in [0.05, 0.1) is 12.8 Å². The van der Waals surface area contributed by atoms with E-state index in [1.54, 1.807) is 13.0 Å². The number of unbranched alkanes of at least 4 members (excludes halogenated alkanes) is 2. The quantitative estimate of drug-likeness (QED) is 0.149. The van der Waals surface area contributed by atoms with E-state index in [0.717, 1.165) is 19.3 Å². The molecule has 0 spiro atoms. The second-order valence-electron chi connectivity index (χ2n) is 5.15. The molecule has 0 aliphatic heterocycles. The first-order valence-corrected chi connectivity index (χ1v) is 7.38. The Kier molecular flexibility index (Phi) is 16.5.